The normalized spacial score (nSPS) is 11.6. The number of alkyl halides is 3. The van der Waals surface area contributed by atoms with Crippen LogP contribution in [0.4, 0.5) is 13.2 Å². The third-order valence-electron chi connectivity index (χ3n) is 2.39. The van der Waals surface area contributed by atoms with E-state index in [2.05, 4.69) is 33.2 Å². The molecule has 0 aliphatic carbocycles. The van der Waals surface area contributed by atoms with Crippen molar-refractivity contribution in [1.29, 1.82) is 0 Å². The largest absolute Gasteiger partial charge is 0.417 e. The summed E-state index contributed by atoms with van der Waals surface area (Å²) in [4.78, 5) is -0.305. The zero-order valence-electron chi connectivity index (χ0n) is 9.28. The molecule has 0 saturated heterocycles. The van der Waals surface area contributed by atoms with Gasteiger partial charge in [-0.05, 0) is 34.1 Å². The third-order valence-corrected chi connectivity index (χ3v) is 3.02. The first-order valence-corrected chi connectivity index (χ1v) is 6.21. The molecule has 8 heteroatoms. The number of halogens is 4. The van der Waals surface area contributed by atoms with Crippen LogP contribution in [0.5, 0.6) is 0 Å². The minimum absolute atomic E-state index is 0.216. The molecule has 0 spiro atoms. The highest BCUT2D eigenvalue weighted by molar-refractivity contribution is 9.10. The second kappa shape index (κ2) is 4.93. The molecule has 2 N–H and O–H groups in total. The molecular weight excluding hydrogens is 343 g/mol. The summed E-state index contributed by atoms with van der Waals surface area (Å²) in [6.45, 7) is 0. The molecule has 1 heterocycles. The maximum absolute atomic E-state index is 12.8. The molecular formula is C11H7BrF3N3S. The fourth-order valence-corrected chi connectivity index (χ4v) is 2.02. The first-order chi connectivity index (χ1) is 8.79. The molecule has 0 fully saturated rings. The van der Waals surface area contributed by atoms with Crippen molar-refractivity contribution in [3.05, 3.63) is 46.2 Å². The van der Waals surface area contributed by atoms with E-state index in [0.717, 1.165) is 6.07 Å². The number of hydrogen-bond acceptors (Lipinski definition) is 2. The van der Waals surface area contributed by atoms with Gasteiger partial charge in [0.25, 0.3) is 0 Å². The fraction of sp³-hybridized carbons (Fsp3) is 0.0909. The van der Waals surface area contributed by atoms with E-state index in [1.54, 1.807) is 6.20 Å². The van der Waals surface area contributed by atoms with Gasteiger partial charge in [-0.1, -0.05) is 12.2 Å². The summed E-state index contributed by atoms with van der Waals surface area (Å²) in [5.41, 5.74) is 4.73. The van der Waals surface area contributed by atoms with Gasteiger partial charge in [0.1, 0.15) is 4.99 Å². The lowest BCUT2D eigenvalue weighted by Crippen LogP contribution is -2.18. The van der Waals surface area contributed by atoms with Crippen LogP contribution in [-0.2, 0) is 6.18 Å². The number of nitrogens with zero attached hydrogens (tertiary/aromatic N) is 2. The second-order valence-electron chi connectivity index (χ2n) is 3.70. The Balaban J connectivity index is 2.57. The molecule has 0 aliphatic heterocycles. The first kappa shape index (κ1) is 14.0. The minimum Gasteiger partial charge on any atom is -0.389 e. The molecule has 0 atom stereocenters. The number of hydrogen-bond donors (Lipinski definition) is 1. The van der Waals surface area contributed by atoms with Crippen LogP contribution in [0.3, 0.4) is 0 Å². The van der Waals surface area contributed by atoms with Crippen LogP contribution < -0.4 is 5.73 Å². The summed E-state index contributed by atoms with van der Waals surface area (Å²) in [6.07, 6.45) is -1.36. The van der Waals surface area contributed by atoms with E-state index in [0.29, 0.717) is 10.2 Å². The van der Waals surface area contributed by atoms with Crippen LogP contribution >= 0.6 is 28.1 Å². The number of nitrogens with two attached hydrogens (primary N) is 1. The predicted octanol–water partition coefficient (Wildman–Crippen LogP) is 3.29. The van der Waals surface area contributed by atoms with Crippen molar-refractivity contribution in [3.8, 4) is 5.69 Å². The Morgan fingerprint density at radius 1 is 1.37 bits per heavy atom. The molecule has 0 bridgehead atoms. The Labute approximate surface area is 120 Å². The molecule has 2 rings (SSSR count). The summed E-state index contributed by atoms with van der Waals surface area (Å²) in [5.74, 6) is 0. The minimum atomic E-state index is -4.50. The number of benzene rings is 1. The van der Waals surface area contributed by atoms with Gasteiger partial charge in [-0.3, -0.25) is 0 Å². The molecule has 0 unspecified atom stereocenters. The lowest BCUT2D eigenvalue weighted by atomic mass is 10.1. The zero-order chi connectivity index (χ0) is 14.2. The first-order valence-electron chi connectivity index (χ1n) is 5.00. The van der Waals surface area contributed by atoms with E-state index < -0.39 is 11.7 Å². The van der Waals surface area contributed by atoms with Gasteiger partial charge in [0.15, 0.2) is 0 Å². The molecule has 2 aromatic rings. The topological polar surface area (TPSA) is 43.8 Å². The van der Waals surface area contributed by atoms with E-state index in [1.807, 2.05) is 0 Å². The average Bonchev–Trinajstić information content (AvgIpc) is 2.74. The summed E-state index contributed by atoms with van der Waals surface area (Å²) < 4.78 is 40.5. The summed E-state index contributed by atoms with van der Waals surface area (Å²) in [6, 6.07) is 3.52. The van der Waals surface area contributed by atoms with E-state index in [4.69, 9.17) is 5.73 Å². The van der Waals surface area contributed by atoms with Gasteiger partial charge in [0.2, 0.25) is 0 Å². The number of thiocarbonyl (C=S) groups is 1. The lowest BCUT2D eigenvalue weighted by molar-refractivity contribution is -0.137. The van der Waals surface area contributed by atoms with Crippen molar-refractivity contribution in [1.82, 2.24) is 9.78 Å². The predicted molar refractivity (Wildman–Crippen MR) is 72.2 cm³/mol. The molecule has 1 aromatic carbocycles. The molecule has 100 valence electrons. The molecule has 3 nitrogen and oxygen atoms in total. The van der Waals surface area contributed by atoms with E-state index in [1.165, 1.54) is 23.0 Å². The third kappa shape index (κ3) is 2.95. The highest BCUT2D eigenvalue weighted by Crippen LogP contribution is 2.33. The highest BCUT2D eigenvalue weighted by Gasteiger charge is 2.34. The van der Waals surface area contributed by atoms with Gasteiger partial charge >= 0.3 is 6.18 Å². The van der Waals surface area contributed by atoms with Gasteiger partial charge in [-0.2, -0.15) is 18.3 Å². The zero-order valence-corrected chi connectivity index (χ0v) is 11.7. The molecule has 0 radical (unpaired) electrons. The molecule has 1 aromatic heterocycles. The maximum atomic E-state index is 12.8. The molecule has 0 aliphatic rings. The Bertz CT molecular complexity index is 636. The van der Waals surface area contributed by atoms with Crippen LogP contribution in [-0.4, -0.2) is 14.8 Å². The smallest absolute Gasteiger partial charge is 0.389 e. The van der Waals surface area contributed by atoms with Crippen molar-refractivity contribution in [2.24, 2.45) is 5.73 Å². The second-order valence-corrected chi connectivity index (χ2v) is 5.05. The molecule has 0 saturated carbocycles. The number of aromatic nitrogens is 2. The summed E-state index contributed by atoms with van der Waals surface area (Å²) in [5, 5.41) is 3.98. The Morgan fingerprint density at radius 3 is 2.53 bits per heavy atom. The van der Waals surface area contributed by atoms with Crippen LogP contribution in [0.15, 0.2) is 35.1 Å². The monoisotopic (exact) mass is 349 g/mol. The quantitative estimate of drug-likeness (QED) is 0.846. The average molecular weight is 350 g/mol. The summed E-state index contributed by atoms with van der Waals surface area (Å²) >= 11 is 7.88. The van der Waals surface area contributed by atoms with Crippen LogP contribution in [0, 0.1) is 0 Å². The van der Waals surface area contributed by atoms with E-state index in [-0.39, 0.29) is 10.6 Å². The standard InChI is InChI=1S/C11H7BrF3N3S/c12-6-4-17-18(5-6)7-1-2-9(11(13,14)15)8(3-7)10(16)19/h1-5H,(H2,16,19). The fourth-order valence-electron chi connectivity index (χ4n) is 1.57. The van der Waals surface area contributed by atoms with Gasteiger partial charge in [0, 0.05) is 11.8 Å². The maximum Gasteiger partial charge on any atom is 0.417 e. The van der Waals surface area contributed by atoms with Crippen molar-refractivity contribution in [2.45, 2.75) is 6.18 Å². The van der Waals surface area contributed by atoms with Crippen molar-refractivity contribution < 1.29 is 13.2 Å². The van der Waals surface area contributed by atoms with Gasteiger partial charge in [0.05, 0.1) is 21.9 Å². The molecule has 19 heavy (non-hydrogen) atoms. The highest BCUT2D eigenvalue weighted by atomic mass is 79.9. The van der Waals surface area contributed by atoms with Crippen molar-refractivity contribution >= 4 is 33.1 Å². The SMILES string of the molecule is NC(=S)c1cc(-n2cc(Br)cn2)ccc1C(F)(F)F. The van der Waals surface area contributed by atoms with Crippen molar-refractivity contribution in [3.63, 3.8) is 0 Å². The Morgan fingerprint density at radius 2 is 2.05 bits per heavy atom. The Hall–Kier alpha value is -1.41. The lowest BCUT2D eigenvalue weighted by Gasteiger charge is -2.13. The van der Waals surface area contributed by atoms with Crippen LogP contribution in [0.1, 0.15) is 11.1 Å². The van der Waals surface area contributed by atoms with Gasteiger partial charge < -0.3 is 5.73 Å². The van der Waals surface area contributed by atoms with Crippen LogP contribution in [0.2, 0.25) is 0 Å². The Kier molecular flexibility index (Phi) is 3.64. The molecule has 0 amide bonds. The van der Waals surface area contributed by atoms with E-state index >= 15 is 0 Å². The number of rotatable bonds is 2. The van der Waals surface area contributed by atoms with E-state index in [9.17, 15) is 13.2 Å². The summed E-state index contributed by atoms with van der Waals surface area (Å²) in [7, 11) is 0. The van der Waals surface area contributed by atoms with Crippen molar-refractivity contribution in [2.75, 3.05) is 0 Å². The van der Waals surface area contributed by atoms with Gasteiger partial charge in [-0.25, -0.2) is 4.68 Å². The van der Waals surface area contributed by atoms with Gasteiger partial charge in [-0.15, -0.1) is 0 Å². The van der Waals surface area contributed by atoms with Crippen LogP contribution in [0.25, 0.3) is 5.69 Å².